The predicted molar refractivity (Wildman–Crippen MR) is 107 cm³/mol. The van der Waals surface area contributed by atoms with Gasteiger partial charge in [0.25, 0.3) is 5.69 Å². The summed E-state index contributed by atoms with van der Waals surface area (Å²) in [6, 6.07) is 20.4. The maximum atomic E-state index is 11.4. The second kappa shape index (κ2) is 8.83. The maximum absolute atomic E-state index is 11.4. The smallest absolute Gasteiger partial charge is 0.283 e. The van der Waals surface area contributed by atoms with Crippen LogP contribution in [-0.4, -0.2) is 19.1 Å². The van der Waals surface area contributed by atoms with Gasteiger partial charge in [-0.25, -0.2) is 0 Å². The molecule has 3 aromatic rings. The molecule has 0 atom stereocenters. The Labute approximate surface area is 165 Å². The Kier molecular flexibility index (Phi) is 6.26. The summed E-state index contributed by atoms with van der Waals surface area (Å²) in [6.45, 7) is 0. The van der Waals surface area contributed by atoms with Crippen molar-refractivity contribution in [3.63, 3.8) is 0 Å². The fourth-order valence-electron chi connectivity index (χ4n) is 2.37. The van der Waals surface area contributed by atoms with E-state index >= 15 is 0 Å². The Morgan fingerprint density at radius 3 is 2.04 bits per heavy atom. The lowest BCUT2D eigenvalue weighted by Gasteiger charge is -2.12. The topological polar surface area (TPSA) is 61.6 Å². The van der Waals surface area contributed by atoms with Gasteiger partial charge >= 0.3 is 0 Å². The minimum Gasteiger partial charge on any atom is -0.497 e. The molecule has 0 aromatic heterocycles. The molecule has 0 amide bonds. The molecule has 0 fully saturated rings. The van der Waals surface area contributed by atoms with Crippen LogP contribution < -0.4 is 9.47 Å². The maximum Gasteiger partial charge on any atom is 0.283 e. The molecule has 0 aliphatic carbocycles. The summed E-state index contributed by atoms with van der Waals surface area (Å²) in [4.78, 5) is 14.5. The third-order valence-electron chi connectivity index (χ3n) is 3.71. The highest BCUT2D eigenvalue weighted by Gasteiger charge is 2.18. The van der Waals surface area contributed by atoms with Gasteiger partial charge in [-0.15, -0.1) is 0 Å². The highest BCUT2D eigenvalue weighted by molar-refractivity contribution is 8.02. The Morgan fingerprint density at radius 1 is 0.778 bits per heavy atom. The van der Waals surface area contributed by atoms with E-state index in [1.54, 1.807) is 31.0 Å². The summed E-state index contributed by atoms with van der Waals surface area (Å²) in [6.07, 6.45) is 0. The molecule has 5 nitrogen and oxygen atoms in total. The second-order valence-corrected chi connectivity index (χ2v) is 7.62. The van der Waals surface area contributed by atoms with Gasteiger partial charge in [-0.1, -0.05) is 41.7 Å². The molecule has 7 heteroatoms. The van der Waals surface area contributed by atoms with Crippen LogP contribution in [0.2, 0.25) is 0 Å². The van der Waals surface area contributed by atoms with Crippen molar-refractivity contribution in [3.05, 3.63) is 76.8 Å². The van der Waals surface area contributed by atoms with Crippen LogP contribution in [0.1, 0.15) is 0 Å². The van der Waals surface area contributed by atoms with Crippen molar-refractivity contribution < 1.29 is 14.4 Å². The second-order valence-electron chi connectivity index (χ2n) is 5.42. The van der Waals surface area contributed by atoms with Crippen LogP contribution >= 0.6 is 23.5 Å². The van der Waals surface area contributed by atoms with Crippen LogP contribution in [0.25, 0.3) is 0 Å². The first-order valence-corrected chi connectivity index (χ1v) is 9.65. The molecule has 3 rings (SSSR count). The van der Waals surface area contributed by atoms with Gasteiger partial charge in [0.1, 0.15) is 11.5 Å². The van der Waals surface area contributed by atoms with Crippen LogP contribution in [0.15, 0.2) is 86.3 Å². The Balaban J connectivity index is 2.01. The molecule has 0 radical (unpaired) electrons. The number of nitro groups is 1. The van der Waals surface area contributed by atoms with Crippen LogP contribution in [0.4, 0.5) is 5.69 Å². The SMILES string of the molecule is COc1ccc(Sc2ccccc2)c(Sc2cc(OC)ccc2[N+](=O)[O-])c1. The molecule has 3 aromatic carbocycles. The molecule has 0 aliphatic rings. The number of benzene rings is 3. The summed E-state index contributed by atoms with van der Waals surface area (Å²) in [5.41, 5.74) is 0.0410. The molecule has 0 saturated carbocycles. The summed E-state index contributed by atoms with van der Waals surface area (Å²) in [5.74, 6) is 1.27. The van der Waals surface area contributed by atoms with E-state index in [1.165, 1.54) is 24.9 Å². The fraction of sp³-hybridized carbons (Fsp3) is 0.100. The van der Waals surface area contributed by atoms with Gasteiger partial charge in [0.2, 0.25) is 0 Å². The number of nitro benzene ring substituents is 1. The minimum absolute atomic E-state index is 0.0410. The Hall–Kier alpha value is -2.64. The molecular weight excluding hydrogens is 382 g/mol. The van der Waals surface area contributed by atoms with Crippen molar-refractivity contribution in [2.45, 2.75) is 19.6 Å². The fourth-order valence-corrected chi connectivity index (χ4v) is 4.46. The number of methoxy groups -OCH3 is 2. The largest absolute Gasteiger partial charge is 0.497 e. The number of nitrogens with zero attached hydrogens (tertiary/aromatic N) is 1. The highest BCUT2D eigenvalue weighted by atomic mass is 32.2. The number of rotatable bonds is 7. The van der Waals surface area contributed by atoms with Crippen molar-refractivity contribution in [1.29, 1.82) is 0 Å². The van der Waals surface area contributed by atoms with Gasteiger partial charge in [-0.2, -0.15) is 0 Å². The van der Waals surface area contributed by atoms with E-state index in [4.69, 9.17) is 9.47 Å². The van der Waals surface area contributed by atoms with Crippen molar-refractivity contribution in [2.24, 2.45) is 0 Å². The molecule has 138 valence electrons. The first kappa shape index (κ1) is 19.1. The normalized spacial score (nSPS) is 10.4. The third-order valence-corrected chi connectivity index (χ3v) is 6.02. The number of hydrogen-bond donors (Lipinski definition) is 0. The Bertz CT molecular complexity index is 948. The van der Waals surface area contributed by atoms with E-state index in [9.17, 15) is 10.1 Å². The zero-order chi connectivity index (χ0) is 19.2. The van der Waals surface area contributed by atoms with Gasteiger partial charge in [-0.05, 0) is 36.4 Å². The van der Waals surface area contributed by atoms with Crippen molar-refractivity contribution in [3.8, 4) is 11.5 Å². The molecule has 0 unspecified atom stereocenters. The minimum atomic E-state index is -0.383. The van der Waals surface area contributed by atoms with Crippen LogP contribution in [0.5, 0.6) is 11.5 Å². The summed E-state index contributed by atoms with van der Waals surface area (Å²) in [7, 11) is 3.14. The highest BCUT2D eigenvalue weighted by Crippen LogP contribution is 2.44. The molecular formula is C20H17NO4S2. The van der Waals surface area contributed by atoms with E-state index < -0.39 is 0 Å². The van der Waals surface area contributed by atoms with Crippen molar-refractivity contribution in [2.75, 3.05) is 14.2 Å². The molecule has 0 saturated heterocycles. The van der Waals surface area contributed by atoms with E-state index in [1.807, 2.05) is 48.5 Å². The third kappa shape index (κ3) is 4.75. The van der Waals surface area contributed by atoms with Crippen molar-refractivity contribution in [1.82, 2.24) is 0 Å². The molecule has 0 aliphatic heterocycles. The van der Waals surface area contributed by atoms with Gasteiger partial charge < -0.3 is 9.47 Å². The average Bonchev–Trinajstić information content (AvgIpc) is 2.69. The first-order valence-electron chi connectivity index (χ1n) is 8.02. The quantitative estimate of drug-likeness (QED) is 0.363. The zero-order valence-electron chi connectivity index (χ0n) is 14.7. The molecule has 0 heterocycles. The van der Waals surface area contributed by atoms with Crippen LogP contribution in [0.3, 0.4) is 0 Å². The lowest BCUT2D eigenvalue weighted by molar-refractivity contribution is -0.387. The van der Waals surface area contributed by atoms with E-state index in [0.717, 1.165) is 14.7 Å². The molecule has 0 bridgehead atoms. The number of hydrogen-bond acceptors (Lipinski definition) is 6. The van der Waals surface area contributed by atoms with E-state index in [2.05, 4.69) is 0 Å². The summed E-state index contributed by atoms with van der Waals surface area (Å²) < 4.78 is 10.6. The van der Waals surface area contributed by atoms with Crippen LogP contribution in [-0.2, 0) is 0 Å². The summed E-state index contributed by atoms with van der Waals surface area (Å²) in [5, 5.41) is 11.4. The molecule has 0 N–H and O–H groups in total. The van der Waals surface area contributed by atoms with E-state index in [0.29, 0.717) is 16.4 Å². The molecule has 27 heavy (non-hydrogen) atoms. The average molecular weight is 399 g/mol. The van der Waals surface area contributed by atoms with Gasteiger partial charge in [-0.3, -0.25) is 10.1 Å². The first-order chi connectivity index (χ1) is 13.1. The number of ether oxygens (including phenoxy) is 2. The van der Waals surface area contributed by atoms with Crippen molar-refractivity contribution >= 4 is 29.2 Å². The van der Waals surface area contributed by atoms with Gasteiger partial charge in [0.15, 0.2) is 0 Å². The standard InChI is InChI=1S/C20H17NO4S2/c1-24-14-8-10-17(21(22)23)19(12-14)27-20-13-15(25-2)9-11-18(20)26-16-6-4-3-5-7-16/h3-13H,1-2H3. The lowest BCUT2D eigenvalue weighted by Crippen LogP contribution is -1.93. The van der Waals surface area contributed by atoms with Gasteiger partial charge in [0, 0.05) is 26.8 Å². The Morgan fingerprint density at radius 2 is 1.41 bits per heavy atom. The van der Waals surface area contributed by atoms with E-state index in [-0.39, 0.29) is 10.6 Å². The lowest BCUT2D eigenvalue weighted by atomic mass is 10.3. The summed E-state index contributed by atoms with van der Waals surface area (Å²) >= 11 is 2.92. The molecule has 0 spiro atoms. The predicted octanol–water partition coefficient (Wildman–Crippen LogP) is 5.91. The van der Waals surface area contributed by atoms with Gasteiger partial charge in [0.05, 0.1) is 24.0 Å². The monoisotopic (exact) mass is 399 g/mol. The van der Waals surface area contributed by atoms with Crippen LogP contribution in [0, 0.1) is 10.1 Å². The zero-order valence-corrected chi connectivity index (χ0v) is 16.4.